The normalized spacial score (nSPS) is 11.8. The van der Waals surface area contributed by atoms with Crippen molar-refractivity contribution in [3.8, 4) is 11.5 Å². The maximum atomic E-state index is 11.9. The molecule has 1 aromatic carbocycles. The lowest BCUT2D eigenvalue weighted by molar-refractivity contribution is -0.126. The molecule has 132 valence electrons. The Morgan fingerprint density at radius 3 is 2.42 bits per heavy atom. The maximum Gasteiger partial charge on any atom is 0.244 e. The average Bonchev–Trinajstić information content (AvgIpc) is 2.55. The van der Waals surface area contributed by atoms with Gasteiger partial charge in [0.1, 0.15) is 6.04 Å². The molecule has 0 fully saturated rings. The molecule has 6 nitrogen and oxygen atoms in total. The summed E-state index contributed by atoms with van der Waals surface area (Å²) in [7, 11) is 0. The first-order chi connectivity index (χ1) is 11.5. The summed E-state index contributed by atoms with van der Waals surface area (Å²) < 4.78 is 11.0. The van der Waals surface area contributed by atoms with Gasteiger partial charge in [-0.05, 0) is 51.5 Å². The first-order valence-electron chi connectivity index (χ1n) is 8.17. The lowest BCUT2D eigenvalue weighted by Crippen LogP contribution is -2.44. The molecule has 0 unspecified atom stereocenters. The lowest BCUT2D eigenvalue weighted by Gasteiger charge is -2.12. The molecule has 2 N–H and O–H groups in total. The molecule has 0 aliphatic carbocycles. The number of carbonyl (C=O) groups excluding carboxylic acids is 2. The summed E-state index contributed by atoms with van der Waals surface area (Å²) in [5.41, 5.74) is 0.808. The fourth-order valence-corrected chi connectivity index (χ4v) is 2.00. The molecule has 1 rings (SSSR count). The monoisotopic (exact) mass is 334 g/mol. The van der Waals surface area contributed by atoms with Crippen LogP contribution >= 0.6 is 0 Å². The van der Waals surface area contributed by atoms with Crippen molar-refractivity contribution in [2.45, 2.75) is 33.7 Å². The Kier molecular flexibility index (Phi) is 8.39. The van der Waals surface area contributed by atoms with Crippen molar-refractivity contribution < 1.29 is 19.1 Å². The molecule has 6 heteroatoms. The van der Waals surface area contributed by atoms with Crippen LogP contribution in [0.3, 0.4) is 0 Å². The number of hydrogen-bond acceptors (Lipinski definition) is 4. The second-order valence-corrected chi connectivity index (χ2v) is 5.03. The second-order valence-electron chi connectivity index (χ2n) is 5.03. The van der Waals surface area contributed by atoms with E-state index in [-0.39, 0.29) is 11.8 Å². The van der Waals surface area contributed by atoms with Gasteiger partial charge in [-0.25, -0.2) is 0 Å². The number of nitrogens with one attached hydrogen (secondary N) is 2. The summed E-state index contributed by atoms with van der Waals surface area (Å²) in [6, 6.07) is 4.88. The van der Waals surface area contributed by atoms with Gasteiger partial charge in [0.05, 0.1) is 13.2 Å². The van der Waals surface area contributed by atoms with Gasteiger partial charge in [-0.3, -0.25) is 9.59 Å². The van der Waals surface area contributed by atoms with Crippen molar-refractivity contribution >= 4 is 17.9 Å². The third-order valence-electron chi connectivity index (χ3n) is 3.10. The van der Waals surface area contributed by atoms with E-state index in [1.54, 1.807) is 13.0 Å². The van der Waals surface area contributed by atoms with Gasteiger partial charge >= 0.3 is 0 Å². The minimum Gasteiger partial charge on any atom is -0.490 e. The van der Waals surface area contributed by atoms with Gasteiger partial charge in [0.2, 0.25) is 11.8 Å². The molecule has 24 heavy (non-hydrogen) atoms. The van der Waals surface area contributed by atoms with Crippen molar-refractivity contribution in [3.63, 3.8) is 0 Å². The van der Waals surface area contributed by atoms with E-state index < -0.39 is 6.04 Å². The number of amides is 2. The highest BCUT2D eigenvalue weighted by Gasteiger charge is 2.12. The SMILES string of the molecule is CCNC(=O)[C@@H](C)NC(=O)/C=C/c1ccc(OCC)c(OCC)c1. The summed E-state index contributed by atoms with van der Waals surface area (Å²) in [6.45, 7) is 8.88. The van der Waals surface area contributed by atoms with Crippen LogP contribution in [0.15, 0.2) is 24.3 Å². The first-order valence-corrected chi connectivity index (χ1v) is 8.17. The van der Waals surface area contributed by atoms with E-state index in [4.69, 9.17) is 9.47 Å². The van der Waals surface area contributed by atoms with Crippen molar-refractivity contribution in [2.24, 2.45) is 0 Å². The predicted octanol–water partition coefficient (Wildman–Crippen LogP) is 2.14. The zero-order valence-corrected chi connectivity index (χ0v) is 14.7. The molecule has 1 atom stereocenters. The Morgan fingerprint density at radius 1 is 1.12 bits per heavy atom. The second kappa shape index (κ2) is 10.3. The minimum atomic E-state index is -0.582. The zero-order valence-electron chi connectivity index (χ0n) is 14.7. The molecule has 0 heterocycles. The number of benzene rings is 1. The summed E-state index contributed by atoms with van der Waals surface area (Å²) >= 11 is 0. The van der Waals surface area contributed by atoms with Gasteiger partial charge in [0.25, 0.3) is 0 Å². The number of likely N-dealkylation sites (N-methyl/N-ethyl adjacent to an activating group) is 1. The Balaban J connectivity index is 2.73. The summed E-state index contributed by atoms with van der Waals surface area (Å²) in [6.07, 6.45) is 3.05. The van der Waals surface area contributed by atoms with E-state index in [1.807, 2.05) is 39.0 Å². The van der Waals surface area contributed by atoms with Crippen molar-refractivity contribution in [1.29, 1.82) is 0 Å². The topological polar surface area (TPSA) is 76.7 Å². The third kappa shape index (κ3) is 6.32. The lowest BCUT2D eigenvalue weighted by atomic mass is 10.2. The molecule has 0 bridgehead atoms. The van der Waals surface area contributed by atoms with Crippen molar-refractivity contribution in [1.82, 2.24) is 10.6 Å². The molecule has 2 amide bonds. The fourth-order valence-electron chi connectivity index (χ4n) is 2.00. The van der Waals surface area contributed by atoms with Crippen LogP contribution in [0.25, 0.3) is 6.08 Å². The van der Waals surface area contributed by atoms with Gasteiger partial charge in [-0.15, -0.1) is 0 Å². The average molecular weight is 334 g/mol. The Morgan fingerprint density at radius 2 is 1.79 bits per heavy atom. The smallest absolute Gasteiger partial charge is 0.244 e. The zero-order chi connectivity index (χ0) is 17.9. The highest BCUT2D eigenvalue weighted by atomic mass is 16.5. The number of hydrogen-bond donors (Lipinski definition) is 2. The number of ether oxygens (including phenoxy) is 2. The van der Waals surface area contributed by atoms with E-state index in [9.17, 15) is 9.59 Å². The first kappa shape index (κ1) is 19.5. The highest BCUT2D eigenvalue weighted by Crippen LogP contribution is 2.28. The minimum absolute atomic E-state index is 0.209. The van der Waals surface area contributed by atoms with Gasteiger partial charge in [-0.1, -0.05) is 6.07 Å². The van der Waals surface area contributed by atoms with Crippen LogP contribution < -0.4 is 20.1 Å². The molecule has 1 aromatic rings. The van der Waals surface area contributed by atoms with Crippen LogP contribution in [-0.4, -0.2) is 37.6 Å². The Labute approximate surface area is 143 Å². The fraction of sp³-hybridized carbons (Fsp3) is 0.444. The van der Waals surface area contributed by atoms with Crippen molar-refractivity contribution in [3.05, 3.63) is 29.8 Å². The molecule has 0 aromatic heterocycles. The van der Waals surface area contributed by atoms with Crippen LogP contribution in [0.1, 0.15) is 33.3 Å². The summed E-state index contributed by atoms with van der Waals surface area (Å²) in [4.78, 5) is 23.5. The van der Waals surface area contributed by atoms with E-state index in [0.717, 1.165) is 5.56 Å². The largest absolute Gasteiger partial charge is 0.490 e. The van der Waals surface area contributed by atoms with E-state index >= 15 is 0 Å². The van der Waals surface area contributed by atoms with E-state index in [2.05, 4.69) is 10.6 Å². The van der Waals surface area contributed by atoms with Crippen LogP contribution in [0.2, 0.25) is 0 Å². The van der Waals surface area contributed by atoms with Crippen LogP contribution in [-0.2, 0) is 9.59 Å². The quantitative estimate of drug-likeness (QED) is 0.678. The van der Waals surface area contributed by atoms with Gasteiger partial charge in [-0.2, -0.15) is 0 Å². The maximum absolute atomic E-state index is 11.9. The molecular weight excluding hydrogens is 308 g/mol. The van der Waals surface area contributed by atoms with Gasteiger partial charge in [0.15, 0.2) is 11.5 Å². The van der Waals surface area contributed by atoms with E-state index in [0.29, 0.717) is 31.3 Å². The van der Waals surface area contributed by atoms with Crippen LogP contribution in [0.4, 0.5) is 0 Å². The molecular formula is C18H26N2O4. The Hall–Kier alpha value is -2.50. The van der Waals surface area contributed by atoms with Crippen LogP contribution in [0, 0.1) is 0 Å². The number of rotatable bonds is 9. The standard InChI is InChI=1S/C18H26N2O4/c1-5-19-18(22)13(4)20-17(21)11-9-14-8-10-15(23-6-2)16(12-14)24-7-3/h8-13H,5-7H2,1-4H3,(H,19,22)(H,20,21)/b11-9+/t13-/m1/s1. The van der Waals surface area contributed by atoms with Gasteiger partial charge < -0.3 is 20.1 Å². The molecule has 0 aliphatic rings. The third-order valence-corrected chi connectivity index (χ3v) is 3.10. The summed E-state index contributed by atoms with van der Waals surface area (Å²) in [5.74, 6) is 0.767. The molecule has 0 radical (unpaired) electrons. The van der Waals surface area contributed by atoms with Crippen LogP contribution in [0.5, 0.6) is 11.5 Å². The summed E-state index contributed by atoms with van der Waals surface area (Å²) in [5, 5.41) is 5.27. The van der Waals surface area contributed by atoms with Crippen molar-refractivity contribution in [2.75, 3.05) is 19.8 Å². The number of carbonyl (C=O) groups is 2. The van der Waals surface area contributed by atoms with E-state index in [1.165, 1.54) is 6.08 Å². The Bertz CT molecular complexity index is 584. The molecule has 0 aliphatic heterocycles. The van der Waals surface area contributed by atoms with Gasteiger partial charge in [0, 0.05) is 12.6 Å². The highest BCUT2D eigenvalue weighted by molar-refractivity contribution is 5.95. The molecule has 0 saturated carbocycles. The molecule has 0 spiro atoms. The predicted molar refractivity (Wildman–Crippen MR) is 94.1 cm³/mol. The molecule has 0 saturated heterocycles.